The molecule has 4 N–H and O–H groups in total. The zero-order valence-corrected chi connectivity index (χ0v) is 24.9. The van der Waals surface area contributed by atoms with Crippen molar-refractivity contribution in [3.05, 3.63) is 47.2 Å². The van der Waals surface area contributed by atoms with E-state index in [0.29, 0.717) is 5.57 Å². The lowest BCUT2D eigenvalue weighted by Gasteiger charge is -2.50. The van der Waals surface area contributed by atoms with Gasteiger partial charge in [-0.3, -0.25) is 14.5 Å². The average molecular weight is 619 g/mol. The molecule has 15 nitrogen and oxygen atoms in total. The number of hydrogen-bond acceptors (Lipinski definition) is 13. The third-order valence-corrected chi connectivity index (χ3v) is 7.73. The summed E-state index contributed by atoms with van der Waals surface area (Å²) >= 11 is 2.18. The number of aromatic nitrogens is 3. The van der Waals surface area contributed by atoms with Gasteiger partial charge in [-0.05, 0) is 33.3 Å². The lowest BCUT2D eigenvalue weighted by molar-refractivity contribution is -0.689. The quantitative estimate of drug-likeness (QED) is 0.131. The van der Waals surface area contributed by atoms with Gasteiger partial charge in [0, 0.05) is 41.5 Å². The highest BCUT2D eigenvalue weighted by atomic mass is 32.2. The summed E-state index contributed by atoms with van der Waals surface area (Å²) in [4.78, 5) is 60.2. The van der Waals surface area contributed by atoms with Crippen LogP contribution >= 0.6 is 23.3 Å². The number of alkyl carbamates (subject to hydrolysis) is 1. The van der Waals surface area contributed by atoms with E-state index in [1.165, 1.54) is 11.8 Å². The van der Waals surface area contributed by atoms with Gasteiger partial charge in [0.25, 0.3) is 11.8 Å². The van der Waals surface area contributed by atoms with E-state index < -0.39 is 40.9 Å². The number of β-lactam (4-membered cyclic amide) rings is 1. The highest BCUT2D eigenvalue weighted by Gasteiger charge is 2.53. The van der Waals surface area contributed by atoms with Crippen LogP contribution in [0.4, 0.5) is 9.93 Å². The van der Waals surface area contributed by atoms with Crippen molar-refractivity contribution in [3.8, 4) is 0 Å². The van der Waals surface area contributed by atoms with Crippen LogP contribution in [0.15, 0.2) is 41.0 Å². The third-order valence-electron chi connectivity index (χ3n) is 5.85. The first-order valence-electron chi connectivity index (χ1n) is 12.8. The van der Waals surface area contributed by atoms with Crippen LogP contribution in [0.25, 0.3) is 0 Å². The first kappa shape index (κ1) is 30.7. The first-order valence-corrected chi connectivity index (χ1v) is 14.6. The van der Waals surface area contributed by atoms with Crippen LogP contribution in [0.1, 0.15) is 39.1 Å². The van der Waals surface area contributed by atoms with Crippen LogP contribution in [0.2, 0.25) is 0 Å². The number of carboxylic acids is 1. The number of fused-ring (bicyclic) bond motifs is 1. The summed E-state index contributed by atoms with van der Waals surface area (Å²) in [7, 11) is 0. The molecule has 42 heavy (non-hydrogen) atoms. The Balaban J connectivity index is 1.42. The van der Waals surface area contributed by atoms with Crippen molar-refractivity contribution in [3.63, 3.8) is 0 Å². The smallest absolute Gasteiger partial charge is 0.407 e. The number of carbonyl (C=O) groups is 4. The maximum atomic E-state index is 13.1. The predicted molar refractivity (Wildman–Crippen MR) is 149 cm³/mol. The summed E-state index contributed by atoms with van der Waals surface area (Å²) in [6.07, 6.45) is 2.94. The molecule has 224 valence electrons. The Morgan fingerprint density at radius 2 is 2.00 bits per heavy atom. The highest BCUT2D eigenvalue weighted by molar-refractivity contribution is 8.00. The Morgan fingerprint density at radius 1 is 1.29 bits per heavy atom. The number of amides is 3. The molecule has 4 rings (SSSR count). The molecule has 4 heterocycles. The molecule has 0 aromatic carbocycles. The molecule has 17 heteroatoms. The molecule has 0 radical (unpaired) electrons. The number of anilines is 1. The Hall–Kier alpha value is -4.25. The van der Waals surface area contributed by atoms with E-state index in [4.69, 9.17) is 15.3 Å². The van der Waals surface area contributed by atoms with E-state index in [-0.39, 0.29) is 47.8 Å². The van der Waals surface area contributed by atoms with Crippen LogP contribution in [0.3, 0.4) is 0 Å². The van der Waals surface area contributed by atoms with Crippen molar-refractivity contribution in [2.45, 2.75) is 57.8 Å². The minimum Gasteiger partial charge on any atom is -0.543 e. The van der Waals surface area contributed by atoms with Crippen molar-refractivity contribution >= 4 is 58.0 Å². The molecule has 2 aromatic rings. The number of nitrogens with two attached hydrogens (primary N) is 1. The zero-order valence-electron chi connectivity index (χ0n) is 23.3. The fourth-order valence-corrected chi connectivity index (χ4v) is 5.84. The van der Waals surface area contributed by atoms with Crippen LogP contribution in [0.5, 0.6) is 0 Å². The maximum Gasteiger partial charge on any atom is 0.407 e. The van der Waals surface area contributed by atoms with Gasteiger partial charge in [0.1, 0.15) is 23.6 Å². The van der Waals surface area contributed by atoms with Crippen molar-refractivity contribution < 1.29 is 38.4 Å². The Kier molecular flexibility index (Phi) is 9.30. The lowest BCUT2D eigenvalue weighted by Crippen LogP contribution is -2.71. The van der Waals surface area contributed by atoms with Crippen LogP contribution < -0.4 is 26.0 Å². The molecule has 0 bridgehead atoms. The number of pyridine rings is 1. The molecule has 2 aliphatic heterocycles. The Labute approximate surface area is 249 Å². The number of thioether (sulfide) groups is 1. The molecule has 2 aromatic heterocycles. The van der Waals surface area contributed by atoms with Crippen LogP contribution in [-0.4, -0.2) is 73.2 Å². The molecule has 1 fully saturated rings. The molecule has 1 saturated heterocycles. The largest absolute Gasteiger partial charge is 0.543 e. The number of ether oxygens (including phenoxy) is 1. The van der Waals surface area contributed by atoms with Crippen molar-refractivity contribution in [2.24, 2.45) is 5.16 Å². The number of carbonyl (C=O) groups excluding carboxylic acids is 4. The van der Waals surface area contributed by atoms with E-state index in [0.717, 1.165) is 22.0 Å². The predicted octanol–water partition coefficient (Wildman–Crippen LogP) is -0.723. The van der Waals surface area contributed by atoms with Gasteiger partial charge in [-0.15, -0.1) is 11.8 Å². The van der Waals surface area contributed by atoms with Crippen molar-refractivity contribution in [1.29, 1.82) is 0 Å². The van der Waals surface area contributed by atoms with Crippen LogP contribution in [0, 0.1) is 0 Å². The second kappa shape index (κ2) is 12.7. The summed E-state index contributed by atoms with van der Waals surface area (Å²) in [6.45, 7) is 7.61. The summed E-state index contributed by atoms with van der Waals surface area (Å²) < 4.78 is 11.0. The van der Waals surface area contributed by atoms with E-state index in [2.05, 4.69) is 25.1 Å². The highest BCUT2D eigenvalue weighted by Crippen LogP contribution is 2.40. The first-order chi connectivity index (χ1) is 19.9. The van der Waals surface area contributed by atoms with Crippen LogP contribution in [-0.2, 0) is 37.0 Å². The fourth-order valence-electron chi connectivity index (χ4n) is 4.07. The van der Waals surface area contributed by atoms with Gasteiger partial charge in [0.05, 0.1) is 11.7 Å². The fraction of sp³-hybridized carbons (Fsp3) is 0.440. The van der Waals surface area contributed by atoms with E-state index >= 15 is 0 Å². The second-order valence-electron chi connectivity index (χ2n) is 10.1. The van der Waals surface area contributed by atoms with Gasteiger partial charge in [0.15, 0.2) is 24.1 Å². The van der Waals surface area contributed by atoms with Crippen molar-refractivity contribution in [2.75, 3.05) is 18.1 Å². The summed E-state index contributed by atoms with van der Waals surface area (Å²) in [5.41, 5.74) is 5.81. The number of carboxylic acid groups (broad SMARTS) is 1. The molecule has 1 unspecified atom stereocenters. The van der Waals surface area contributed by atoms with Gasteiger partial charge in [-0.2, -0.15) is 9.36 Å². The standard InChI is InChI=1S/C25H30N8O7S2/c1-5-39-30-15(18-29-23(26)42-31-18)19(34)28-16-20(35)33-17(22(36)37)14(12-41-21(16)33)11-32-8-6-13(7-9-32)10-27-24(38)40-25(2,3)4/h6-9,16,21H,5,10-12H2,1-4H3,(H4-,26,27,28,29,31,34,36,37,38)/t16?,21-/m1/s1. The van der Waals surface area contributed by atoms with E-state index in [1.54, 1.807) is 56.8 Å². The summed E-state index contributed by atoms with van der Waals surface area (Å²) in [6, 6.07) is 2.55. The number of nitrogens with one attached hydrogen (secondary N) is 2. The number of nitrogens with zero attached hydrogens (tertiary/aromatic N) is 5. The van der Waals surface area contributed by atoms with Crippen molar-refractivity contribution in [1.82, 2.24) is 24.9 Å². The second-order valence-corrected chi connectivity index (χ2v) is 12.0. The molecule has 2 aliphatic rings. The maximum absolute atomic E-state index is 13.1. The number of rotatable bonds is 10. The monoisotopic (exact) mass is 618 g/mol. The minimum absolute atomic E-state index is 0.0513. The Morgan fingerprint density at radius 3 is 2.60 bits per heavy atom. The van der Waals surface area contributed by atoms with Gasteiger partial charge in [0.2, 0.25) is 11.5 Å². The zero-order chi connectivity index (χ0) is 30.6. The van der Waals surface area contributed by atoms with Gasteiger partial charge < -0.3 is 35.8 Å². The van der Waals surface area contributed by atoms with E-state index in [9.17, 15) is 24.3 Å². The molecular weight excluding hydrogens is 588 g/mol. The molecule has 2 atom stereocenters. The average Bonchev–Trinajstić information content (AvgIpc) is 3.35. The van der Waals surface area contributed by atoms with Gasteiger partial charge in [-0.1, -0.05) is 5.16 Å². The molecule has 3 amide bonds. The summed E-state index contributed by atoms with van der Waals surface area (Å²) in [5.74, 6) is -2.63. The van der Waals surface area contributed by atoms with E-state index in [1.807, 2.05) is 0 Å². The Bertz CT molecular complexity index is 1430. The van der Waals surface area contributed by atoms with Gasteiger partial charge >= 0.3 is 6.09 Å². The SMILES string of the molecule is CCON=C(C(=O)NC1C(=O)N2C(C(=O)[O-])=C(C[n+]3ccc(CNC(=O)OC(C)(C)C)cc3)CS[C@H]12)c1nsc(N)n1. The molecule has 0 spiro atoms. The normalized spacial score (nSPS) is 18.6. The number of nitrogen functional groups attached to an aromatic ring is 1. The third kappa shape index (κ3) is 7.14. The minimum atomic E-state index is -1.49. The molecule has 0 saturated carbocycles. The number of hydrogen-bond donors (Lipinski definition) is 3. The molecule has 0 aliphatic carbocycles. The van der Waals surface area contributed by atoms with Gasteiger partial charge in [-0.25, -0.2) is 9.36 Å². The number of oxime groups is 1. The molecular formula is C25H30N8O7S2. The topological polar surface area (TPSA) is 205 Å². The number of aliphatic carboxylic acids is 1. The lowest BCUT2D eigenvalue weighted by atomic mass is 10.0. The summed E-state index contributed by atoms with van der Waals surface area (Å²) in [5, 5.41) is 20.6.